The number of nitrogens with zero attached hydrogens (tertiary/aromatic N) is 2. The van der Waals surface area contributed by atoms with Gasteiger partial charge in [0.25, 0.3) is 11.6 Å². The zero-order valence-corrected chi connectivity index (χ0v) is 11.5. The van der Waals surface area contributed by atoms with Gasteiger partial charge in [-0.1, -0.05) is 11.6 Å². The van der Waals surface area contributed by atoms with Gasteiger partial charge in [0.05, 0.1) is 4.92 Å². The minimum atomic E-state index is -0.631. The van der Waals surface area contributed by atoms with Crippen LogP contribution in [0.25, 0.3) is 0 Å². The van der Waals surface area contributed by atoms with E-state index in [1.165, 1.54) is 6.07 Å². The average Bonchev–Trinajstić information content (AvgIpc) is 2.39. The van der Waals surface area contributed by atoms with Crippen molar-refractivity contribution in [2.24, 2.45) is 0 Å². The third kappa shape index (κ3) is 3.57. The van der Waals surface area contributed by atoms with Crippen molar-refractivity contribution < 1.29 is 9.72 Å². The molecule has 102 valence electrons. The summed E-state index contributed by atoms with van der Waals surface area (Å²) in [7, 11) is 0. The Balaban J connectivity index is 2.17. The van der Waals surface area contributed by atoms with Crippen LogP contribution in [0.1, 0.15) is 23.2 Å². The Morgan fingerprint density at radius 1 is 1.63 bits per heavy atom. The summed E-state index contributed by atoms with van der Waals surface area (Å²) in [6, 6.07) is 1.28. The lowest BCUT2D eigenvalue weighted by molar-refractivity contribution is -0.385. The van der Waals surface area contributed by atoms with E-state index < -0.39 is 10.8 Å². The van der Waals surface area contributed by atoms with Crippen LogP contribution >= 0.6 is 23.4 Å². The van der Waals surface area contributed by atoms with Crippen molar-refractivity contribution in [3.8, 4) is 0 Å². The second-order valence-electron chi connectivity index (χ2n) is 4.17. The van der Waals surface area contributed by atoms with E-state index in [1.807, 2.05) is 0 Å². The van der Waals surface area contributed by atoms with E-state index in [4.69, 9.17) is 11.6 Å². The summed E-state index contributed by atoms with van der Waals surface area (Å²) in [6.07, 6.45) is 2.94. The van der Waals surface area contributed by atoms with Gasteiger partial charge in [-0.2, -0.15) is 11.8 Å². The van der Waals surface area contributed by atoms with Crippen molar-refractivity contribution in [2.45, 2.75) is 18.9 Å². The fourth-order valence-corrected chi connectivity index (χ4v) is 3.10. The number of nitro groups is 1. The van der Waals surface area contributed by atoms with Crippen molar-refractivity contribution in [3.63, 3.8) is 0 Å². The van der Waals surface area contributed by atoms with Gasteiger partial charge in [-0.3, -0.25) is 14.9 Å². The number of hydrogen-bond acceptors (Lipinski definition) is 5. The number of pyridine rings is 1. The Kier molecular flexibility index (Phi) is 4.60. The number of hydrogen-bond donors (Lipinski definition) is 1. The molecular weight excluding hydrogens is 290 g/mol. The lowest BCUT2D eigenvalue weighted by Gasteiger charge is -2.22. The molecule has 1 amide bonds. The van der Waals surface area contributed by atoms with Gasteiger partial charge in [0.15, 0.2) is 0 Å². The van der Waals surface area contributed by atoms with Crippen LogP contribution in [-0.2, 0) is 0 Å². The molecule has 8 heteroatoms. The molecule has 2 heterocycles. The maximum absolute atomic E-state index is 12.1. The molecule has 1 aliphatic rings. The molecule has 0 spiro atoms. The average molecular weight is 302 g/mol. The van der Waals surface area contributed by atoms with Crippen LogP contribution in [0.15, 0.2) is 12.3 Å². The summed E-state index contributed by atoms with van der Waals surface area (Å²) in [5, 5.41) is 13.7. The zero-order chi connectivity index (χ0) is 13.8. The number of amides is 1. The third-order valence-electron chi connectivity index (χ3n) is 2.79. The molecule has 0 aliphatic carbocycles. The molecule has 19 heavy (non-hydrogen) atoms. The number of thioether (sulfide) groups is 1. The van der Waals surface area contributed by atoms with Crippen molar-refractivity contribution in [2.75, 3.05) is 11.5 Å². The third-order valence-corrected chi connectivity index (χ3v) is 4.21. The molecule has 1 saturated heterocycles. The van der Waals surface area contributed by atoms with Crippen molar-refractivity contribution in [1.29, 1.82) is 0 Å². The smallest absolute Gasteiger partial charge is 0.300 e. The highest BCUT2D eigenvalue weighted by Gasteiger charge is 2.24. The van der Waals surface area contributed by atoms with Gasteiger partial charge in [-0.05, 0) is 24.7 Å². The maximum Gasteiger partial charge on any atom is 0.300 e. The summed E-state index contributed by atoms with van der Waals surface area (Å²) in [6.45, 7) is 0. The quantitative estimate of drug-likeness (QED) is 0.526. The van der Waals surface area contributed by atoms with Gasteiger partial charge in [0, 0.05) is 11.8 Å². The molecular formula is C11H12ClN3O3S. The molecule has 1 aromatic heterocycles. The highest BCUT2D eigenvalue weighted by atomic mass is 35.5. The first-order chi connectivity index (χ1) is 9.08. The van der Waals surface area contributed by atoms with Crippen LogP contribution in [-0.4, -0.2) is 33.4 Å². The van der Waals surface area contributed by atoms with Gasteiger partial charge in [0.2, 0.25) is 0 Å². The first kappa shape index (κ1) is 14.1. The SMILES string of the molecule is O=C(NC1CCCSC1)c1cc(Cl)ncc1[N+](=O)[O-]. The van der Waals surface area contributed by atoms with Crippen LogP contribution in [0.3, 0.4) is 0 Å². The normalized spacial score (nSPS) is 18.9. The molecule has 2 rings (SSSR count). The van der Waals surface area contributed by atoms with Gasteiger partial charge in [-0.25, -0.2) is 4.98 Å². The molecule has 6 nitrogen and oxygen atoms in total. The number of halogens is 1. The largest absolute Gasteiger partial charge is 0.348 e. The van der Waals surface area contributed by atoms with E-state index in [1.54, 1.807) is 11.8 Å². The van der Waals surface area contributed by atoms with Crippen molar-refractivity contribution in [1.82, 2.24) is 10.3 Å². The summed E-state index contributed by atoms with van der Waals surface area (Å²) in [5.41, 5.74) is -0.370. The number of carbonyl (C=O) groups is 1. The van der Waals surface area contributed by atoms with E-state index in [0.29, 0.717) is 0 Å². The lowest BCUT2D eigenvalue weighted by Crippen LogP contribution is -2.38. The first-order valence-corrected chi connectivity index (χ1v) is 7.29. The summed E-state index contributed by atoms with van der Waals surface area (Å²) < 4.78 is 0. The van der Waals surface area contributed by atoms with Crippen LogP contribution in [0.2, 0.25) is 5.15 Å². The topological polar surface area (TPSA) is 85.1 Å². The lowest BCUT2D eigenvalue weighted by atomic mass is 10.1. The van der Waals surface area contributed by atoms with Crippen LogP contribution in [0, 0.1) is 10.1 Å². The van der Waals surface area contributed by atoms with Gasteiger partial charge in [0.1, 0.15) is 16.9 Å². The number of aromatic nitrogens is 1. The number of rotatable bonds is 3. The van der Waals surface area contributed by atoms with E-state index in [9.17, 15) is 14.9 Å². The van der Waals surface area contributed by atoms with E-state index in [2.05, 4.69) is 10.3 Å². The standard InChI is InChI=1S/C11H12ClN3O3S/c12-10-4-8(9(5-13-10)15(17)18)11(16)14-7-2-1-3-19-6-7/h4-5,7H,1-3,6H2,(H,14,16). The maximum atomic E-state index is 12.1. The van der Waals surface area contributed by atoms with Crippen molar-refractivity contribution >= 4 is 35.0 Å². The molecule has 1 aliphatic heterocycles. The summed E-state index contributed by atoms with van der Waals surface area (Å²) >= 11 is 7.46. The Hall–Kier alpha value is -1.34. The van der Waals surface area contributed by atoms with Crippen LogP contribution < -0.4 is 5.32 Å². The van der Waals surface area contributed by atoms with E-state index >= 15 is 0 Å². The minimum absolute atomic E-state index is 0.0411. The molecule has 1 N–H and O–H groups in total. The Labute approximate surface area is 119 Å². The zero-order valence-electron chi connectivity index (χ0n) is 9.97. The molecule has 1 aromatic rings. The van der Waals surface area contributed by atoms with E-state index in [0.717, 1.165) is 30.5 Å². The van der Waals surface area contributed by atoms with E-state index in [-0.39, 0.29) is 22.4 Å². The highest BCUT2D eigenvalue weighted by Crippen LogP contribution is 2.22. The van der Waals surface area contributed by atoms with Crippen molar-refractivity contribution in [3.05, 3.63) is 33.1 Å². The fraction of sp³-hybridized carbons (Fsp3) is 0.455. The predicted molar refractivity (Wildman–Crippen MR) is 73.7 cm³/mol. The highest BCUT2D eigenvalue weighted by molar-refractivity contribution is 7.99. The number of carbonyl (C=O) groups excluding carboxylic acids is 1. The summed E-state index contributed by atoms with van der Waals surface area (Å²) in [5.74, 6) is 1.45. The minimum Gasteiger partial charge on any atom is -0.348 e. The summed E-state index contributed by atoms with van der Waals surface area (Å²) in [4.78, 5) is 25.9. The van der Waals surface area contributed by atoms with Gasteiger partial charge in [-0.15, -0.1) is 0 Å². The second-order valence-corrected chi connectivity index (χ2v) is 5.71. The van der Waals surface area contributed by atoms with Gasteiger partial charge >= 0.3 is 0 Å². The van der Waals surface area contributed by atoms with Crippen LogP contribution in [0.5, 0.6) is 0 Å². The molecule has 0 radical (unpaired) electrons. The Morgan fingerprint density at radius 2 is 2.42 bits per heavy atom. The first-order valence-electron chi connectivity index (χ1n) is 5.76. The number of nitrogens with one attached hydrogen (secondary N) is 1. The molecule has 1 unspecified atom stereocenters. The van der Waals surface area contributed by atoms with Crippen LogP contribution in [0.4, 0.5) is 5.69 Å². The monoisotopic (exact) mass is 301 g/mol. The molecule has 0 saturated carbocycles. The Morgan fingerprint density at radius 3 is 3.05 bits per heavy atom. The molecule has 1 fully saturated rings. The molecule has 0 aromatic carbocycles. The molecule has 1 atom stereocenters. The predicted octanol–water partition coefficient (Wildman–Crippen LogP) is 2.27. The second kappa shape index (κ2) is 6.21. The Bertz CT molecular complexity index is 506. The fourth-order valence-electron chi connectivity index (χ4n) is 1.87. The van der Waals surface area contributed by atoms with Gasteiger partial charge < -0.3 is 5.32 Å². The molecule has 0 bridgehead atoms.